The van der Waals surface area contributed by atoms with Gasteiger partial charge in [-0.05, 0) is 293 Å². The number of piperidine rings is 4. The van der Waals surface area contributed by atoms with Crippen LogP contribution < -0.4 is 71.6 Å². The van der Waals surface area contributed by atoms with Crippen molar-refractivity contribution in [3.63, 3.8) is 0 Å². The van der Waals surface area contributed by atoms with Crippen LogP contribution in [-0.4, -0.2) is 190 Å². The van der Waals surface area contributed by atoms with Gasteiger partial charge in [0.2, 0.25) is 30.6 Å². The van der Waals surface area contributed by atoms with Crippen LogP contribution in [0.15, 0.2) is 218 Å². The molecule has 0 radical (unpaired) electrons. The molecule has 8 fully saturated rings. The van der Waals surface area contributed by atoms with Crippen molar-refractivity contribution < 1.29 is 47.8 Å². The topological polar surface area (TPSA) is 419 Å². The number of imide groups is 4. The quantitative estimate of drug-likeness (QED) is 0.0211. The van der Waals surface area contributed by atoms with Gasteiger partial charge in [-0.2, -0.15) is 11.3 Å². The number of hydrogen-bond donors (Lipinski definition) is 8. The lowest BCUT2D eigenvalue weighted by molar-refractivity contribution is -0.116. The molecule has 8 N–H and O–H groups in total. The molecule has 10 aromatic heterocycles. The van der Waals surface area contributed by atoms with Crippen LogP contribution in [0.2, 0.25) is 0 Å². The van der Waals surface area contributed by atoms with Crippen molar-refractivity contribution in [1.29, 1.82) is 0 Å². The molecule has 21 rings (SSSR count). The number of aryl methyl sites for hydroxylation is 1. The molecule has 142 heavy (non-hydrogen) atoms. The smallest absolute Gasteiger partial charge is 0.290 e. The van der Waals surface area contributed by atoms with E-state index in [0.29, 0.717) is 96.4 Å². The van der Waals surface area contributed by atoms with E-state index in [1.54, 1.807) is 96.0 Å². The fourth-order valence-corrected chi connectivity index (χ4v) is 21.1. The third-order valence-electron chi connectivity index (χ3n) is 24.7. The van der Waals surface area contributed by atoms with E-state index in [-0.39, 0.29) is 51.4 Å². The van der Waals surface area contributed by atoms with Crippen LogP contribution in [0.1, 0.15) is 102 Å². The van der Waals surface area contributed by atoms with Crippen LogP contribution in [0.25, 0.3) is 68.6 Å². The number of nitrogens with one attached hydrogen (secondary N) is 8. The van der Waals surface area contributed by atoms with Gasteiger partial charge in [0.15, 0.2) is 11.5 Å². The lowest BCUT2D eigenvalue weighted by Gasteiger charge is -2.32. The first-order valence-corrected chi connectivity index (χ1v) is 52.0. The molecule has 0 spiro atoms. The lowest BCUT2D eigenvalue weighted by atomic mass is 9.97. The zero-order valence-corrected chi connectivity index (χ0v) is 82.4. The number of thiophene rings is 2. The highest BCUT2D eigenvalue weighted by atomic mass is 32.2. The maximum absolute atomic E-state index is 11.8. The van der Waals surface area contributed by atoms with Crippen molar-refractivity contribution in [2.45, 2.75) is 84.5 Å². The molecule has 12 aromatic rings. The number of benzene rings is 2. The van der Waals surface area contributed by atoms with Crippen molar-refractivity contribution in [3.8, 4) is 55.8 Å². The van der Waals surface area contributed by atoms with Crippen LogP contribution in [0.3, 0.4) is 0 Å². The summed E-state index contributed by atoms with van der Waals surface area (Å²) in [5, 5.41) is 28.2. The van der Waals surface area contributed by atoms with Gasteiger partial charge >= 0.3 is 0 Å². The summed E-state index contributed by atoms with van der Waals surface area (Å²) in [5.41, 5.74) is 15.1. The molecule has 0 aliphatic carbocycles. The van der Waals surface area contributed by atoms with Crippen molar-refractivity contribution in [3.05, 3.63) is 269 Å². The average molecular weight is 2020 g/mol. The average Bonchev–Trinajstić information content (AvgIpc) is 1.67. The number of pyridine rings is 4. The van der Waals surface area contributed by atoms with Gasteiger partial charge in [0.25, 0.3) is 44.6 Å². The van der Waals surface area contributed by atoms with E-state index in [0.717, 1.165) is 265 Å². The summed E-state index contributed by atoms with van der Waals surface area (Å²) in [6.07, 6.45) is 21.7. The van der Waals surface area contributed by atoms with E-state index in [1.807, 2.05) is 42.5 Å². The van der Waals surface area contributed by atoms with Crippen molar-refractivity contribution in [2.24, 2.45) is 23.7 Å². The molecule has 0 unspecified atom stereocenters. The normalized spacial score (nSPS) is 18.0. The summed E-state index contributed by atoms with van der Waals surface area (Å²) < 4.78 is 10.9. The van der Waals surface area contributed by atoms with E-state index in [2.05, 4.69) is 216 Å². The molecule has 726 valence electrons. The summed E-state index contributed by atoms with van der Waals surface area (Å²) in [5.74, 6) is 4.93. The molecular formula is C102H102N24O10S6. The van der Waals surface area contributed by atoms with E-state index in [9.17, 15) is 38.4 Å². The van der Waals surface area contributed by atoms with Gasteiger partial charge in [0.05, 0.1) is 92.8 Å². The summed E-state index contributed by atoms with van der Waals surface area (Å²) in [6.45, 7) is 16.1. The second-order valence-corrected chi connectivity index (χ2v) is 40.5. The number of anilines is 4. The van der Waals surface area contributed by atoms with Gasteiger partial charge in [0, 0.05) is 125 Å². The molecule has 19 heterocycles. The van der Waals surface area contributed by atoms with E-state index < -0.39 is 0 Å². The summed E-state index contributed by atoms with van der Waals surface area (Å²) >= 11 is 6.95. The number of hydrogen-bond acceptors (Lipinski definition) is 36. The van der Waals surface area contributed by atoms with Gasteiger partial charge in [-0.3, -0.25) is 79.6 Å². The van der Waals surface area contributed by atoms with Gasteiger partial charge in [-0.15, -0.1) is 11.3 Å². The number of thioether (sulfide) groups is 4. The molecule has 0 bridgehead atoms. The van der Waals surface area contributed by atoms with Gasteiger partial charge in [-0.1, -0.05) is 60.2 Å². The number of carbonyl (C=O) groups excluding carboxylic acids is 8. The third-order valence-corrected chi connectivity index (χ3v) is 29.5. The van der Waals surface area contributed by atoms with Crippen LogP contribution in [0.4, 0.5) is 43.0 Å². The van der Waals surface area contributed by atoms with E-state index in [4.69, 9.17) is 29.4 Å². The number of aromatic nitrogens is 12. The first-order chi connectivity index (χ1) is 69.4. The Labute approximate surface area is 844 Å². The molecule has 8 amide bonds. The van der Waals surface area contributed by atoms with Crippen LogP contribution in [0.5, 0.6) is 11.5 Å². The molecule has 9 aliphatic heterocycles. The number of ether oxygens (including phenoxy) is 2. The minimum absolute atomic E-state index is 0.259. The highest BCUT2D eigenvalue weighted by Gasteiger charge is 2.32. The Kier molecular flexibility index (Phi) is 33.4. The monoisotopic (exact) mass is 2010 g/mol. The zero-order chi connectivity index (χ0) is 97.5. The molecule has 8 saturated heterocycles. The Hall–Kier alpha value is -13.7. The second kappa shape index (κ2) is 48.2. The minimum Gasteiger partial charge on any atom is -0.454 e. The Morgan fingerprint density at radius 3 is 1.01 bits per heavy atom. The van der Waals surface area contributed by atoms with Crippen molar-refractivity contribution in [2.75, 3.05) is 105 Å². The van der Waals surface area contributed by atoms with Crippen LogP contribution in [-0.2, 0) is 45.4 Å². The molecule has 0 atom stereocenters. The van der Waals surface area contributed by atoms with Gasteiger partial charge in [-0.25, -0.2) is 39.9 Å². The molecule has 40 heteroatoms. The maximum atomic E-state index is 11.8. The van der Waals surface area contributed by atoms with E-state index >= 15 is 0 Å². The Morgan fingerprint density at radius 1 is 0.345 bits per heavy atom. The first kappa shape index (κ1) is 98.5. The predicted octanol–water partition coefficient (Wildman–Crippen LogP) is 15.6. The Balaban J connectivity index is 0.000000125. The number of rotatable bonds is 28. The summed E-state index contributed by atoms with van der Waals surface area (Å²) in [4.78, 5) is 159. The molecule has 0 saturated carbocycles. The van der Waals surface area contributed by atoms with Gasteiger partial charge in [0.1, 0.15) is 0 Å². The van der Waals surface area contributed by atoms with Crippen LogP contribution >= 0.6 is 69.7 Å². The van der Waals surface area contributed by atoms with Gasteiger partial charge < -0.3 is 50.3 Å². The first-order valence-electron chi connectivity index (χ1n) is 46.9. The predicted molar refractivity (Wildman–Crippen MR) is 556 cm³/mol. The Bertz CT molecular complexity index is 6500. The lowest BCUT2D eigenvalue weighted by Crippen LogP contribution is -2.38. The number of carbonyl (C=O) groups is 8. The number of nitrogens with zero attached hydrogens (tertiary/aromatic N) is 16. The molecule has 2 aromatic carbocycles. The highest BCUT2D eigenvalue weighted by Crippen LogP contribution is 2.38. The maximum Gasteiger partial charge on any atom is 0.290 e. The number of amides is 8. The summed E-state index contributed by atoms with van der Waals surface area (Å²) in [7, 11) is 0. The Morgan fingerprint density at radius 2 is 0.676 bits per heavy atom. The molecule has 9 aliphatic rings. The van der Waals surface area contributed by atoms with E-state index in [1.165, 1.54) is 16.0 Å². The van der Waals surface area contributed by atoms with Crippen LogP contribution in [0, 0.1) is 30.6 Å². The molecular weight excluding hydrogens is 1910 g/mol. The van der Waals surface area contributed by atoms with Crippen molar-refractivity contribution in [1.82, 2.24) is 102 Å². The minimum atomic E-state index is -0.386. The van der Waals surface area contributed by atoms with Crippen molar-refractivity contribution >= 4 is 162 Å². The number of fused-ring (bicyclic) bond motifs is 1. The summed E-state index contributed by atoms with van der Waals surface area (Å²) in [6, 6.07) is 52.2. The standard InChI is InChI=1S/C27H26N6O4S.C27H28N6O2S.2C24H24N6O2S2/c34-25-24(38-27(35)32-25)13-19-6-9-29-26(31-19)33-10-7-17(8-11-33)14-28-15-20-2-1-3-21(30-20)18-4-5-22-23(12-18)37-16-36-22;1-18-5-7-20(8-6-18)23-4-2-3-22(30-23)17-28-16-19-10-13-33(14-11-19)26-29-12-9-21(31-26)15-24-25(34)32-27(35)36-24;31-22-21(34-24(32)29-22)13-17-6-9-26-23(28-17)30-10-7-16(8-11-30)14-25-15-18-3-1-4-19(27-18)20-5-2-12-33-20;31-22-21(34-24(32)29-22)12-18-4-8-26-23(28-18)30-9-5-16(6-10-30)13-25-14-19-2-1-3-20(27-19)17-7-11-33-15-17/h1-6,9,12-13,17,28H,7-8,10-11,14-16H2,(H,32,34,35);2-9,12,15,19,28H,10-11,13-14,16-17H2,1H3,(H,32,34,35);1-6,9,12-13,16,25H,7-8,10-11,14-15H2,(H,29,31,32);1-4,7-8,11-12,15-16,25H,5-6,9-10,13-14H2,(H,29,31,32)/b24-13-;24-15-;21-13-;21-12-. The zero-order valence-electron chi connectivity index (χ0n) is 77.5. The highest BCUT2D eigenvalue weighted by molar-refractivity contribution is 8.19. The SMILES string of the molecule is Cc1ccc(-c2cccc(CNCC3CCN(c4nccc(/C=C5\SC(=O)NC5=O)n4)CC3)n2)cc1.O=C1NC(=O)/C(=C/c2ccnc(N3CCC(CNCc4cccc(-c5ccc6c(c5)OCO6)n4)CC3)n2)S1.O=C1NC(=O)/C(=C/c2ccnc(N3CCC(CNCc4cccc(-c5cccs5)n4)CC3)n2)S1.O=C1NC(=O)/C(=C/c2ccnc(N3CCC(CNCc4cccc(-c5ccsc5)n4)CC3)n2)S1. The second-order valence-electron chi connectivity index (χ2n) is 34.8. The fraction of sp³-hybridized carbons (Fsp3) is 0.294. The fourth-order valence-electron chi connectivity index (χ4n) is 17.1. The molecule has 34 nitrogen and oxygen atoms in total. The largest absolute Gasteiger partial charge is 0.454 e. The third kappa shape index (κ3) is 27.4.